The lowest BCUT2D eigenvalue weighted by Crippen LogP contribution is -2.35. The predicted molar refractivity (Wildman–Crippen MR) is 117 cm³/mol. The van der Waals surface area contributed by atoms with Gasteiger partial charge in [-0.3, -0.25) is 9.69 Å². The molecule has 1 aliphatic heterocycles. The van der Waals surface area contributed by atoms with E-state index in [4.69, 9.17) is 21.0 Å². The minimum atomic E-state index is -0.0697. The number of aromatic amines is 1. The summed E-state index contributed by atoms with van der Waals surface area (Å²) in [5.41, 5.74) is 3.34. The molecule has 0 amide bonds. The van der Waals surface area contributed by atoms with Crippen molar-refractivity contribution in [2.24, 2.45) is 0 Å². The maximum Gasteiger partial charge on any atom is 0.255 e. The van der Waals surface area contributed by atoms with E-state index in [1.807, 2.05) is 66.7 Å². The summed E-state index contributed by atoms with van der Waals surface area (Å²) in [7, 11) is 0. The summed E-state index contributed by atoms with van der Waals surface area (Å²) in [5.74, 6) is 2.22. The van der Waals surface area contributed by atoms with E-state index < -0.39 is 0 Å². The zero-order chi connectivity index (χ0) is 20.5. The number of halogens is 1. The van der Waals surface area contributed by atoms with Gasteiger partial charge in [-0.2, -0.15) is 0 Å². The number of hydrogen-bond donors (Lipinski definition) is 1. The van der Waals surface area contributed by atoms with Crippen LogP contribution in [0.15, 0.2) is 75.9 Å². The molecular weight excluding hydrogens is 398 g/mol. The fourth-order valence-electron chi connectivity index (χ4n) is 3.84. The van der Waals surface area contributed by atoms with Crippen molar-refractivity contribution in [3.63, 3.8) is 0 Å². The number of furan rings is 1. The highest BCUT2D eigenvalue weighted by atomic mass is 35.5. The Hall–Kier alpha value is -3.15. The van der Waals surface area contributed by atoms with E-state index in [2.05, 4.69) is 9.88 Å². The van der Waals surface area contributed by atoms with Gasteiger partial charge in [-0.05, 0) is 24.3 Å². The van der Waals surface area contributed by atoms with Gasteiger partial charge in [0.25, 0.3) is 5.56 Å². The molecule has 150 valence electrons. The summed E-state index contributed by atoms with van der Waals surface area (Å²) >= 11 is 6.27. The van der Waals surface area contributed by atoms with Crippen LogP contribution in [0.3, 0.4) is 0 Å². The molecule has 0 fully saturated rings. The molecule has 2 aromatic carbocycles. The Morgan fingerprint density at radius 3 is 2.67 bits per heavy atom. The molecule has 30 heavy (non-hydrogen) atoms. The highest BCUT2D eigenvalue weighted by Gasteiger charge is 2.22. The van der Waals surface area contributed by atoms with Crippen LogP contribution in [-0.4, -0.2) is 21.4 Å². The van der Waals surface area contributed by atoms with E-state index in [9.17, 15) is 4.79 Å². The molecule has 2 aromatic heterocycles. The lowest BCUT2D eigenvalue weighted by atomic mass is 10.1. The second-order valence-corrected chi connectivity index (χ2v) is 7.82. The Labute approximate surface area is 179 Å². The first kappa shape index (κ1) is 18.9. The molecule has 1 aliphatic rings. The standard InChI is InChI=1S/C24H20ClN3O2/c25-20-9-5-4-8-18(20)22-11-10-17(30-22)14-28-13-12-21-19(15-28)24(29)27-23(26-21)16-6-2-1-3-7-16/h1-11H,12-15H2,(H,26,27,29). The molecule has 0 bridgehead atoms. The zero-order valence-electron chi connectivity index (χ0n) is 16.3. The van der Waals surface area contributed by atoms with Gasteiger partial charge in [-0.25, -0.2) is 4.98 Å². The van der Waals surface area contributed by atoms with Gasteiger partial charge in [0, 0.05) is 30.6 Å². The highest BCUT2D eigenvalue weighted by Crippen LogP contribution is 2.30. The smallest absolute Gasteiger partial charge is 0.255 e. The van der Waals surface area contributed by atoms with Crippen molar-refractivity contribution in [3.05, 3.63) is 99.1 Å². The maximum absolute atomic E-state index is 12.7. The van der Waals surface area contributed by atoms with Crippen molar-refractivity contribution in [3.8, 4) is 22.7 Å². The first-order valence-electron chi connectivity index (χ1n) is 9.91. The van der Waals surface area contributed by atoms with Crippen LogP contribution in [0, 0.1) is 0 Å². The van der Waals surface area contributed by atoms with Gasteiger partial charge in [0.2, 0.25) is 0 Å². The summed E-state index contributed by atoms with van der Waals surface area (Å²) in [5, 5.41) is 0.664. The molecule has 1 N–H and O–H groups in total. The molecule has 3 heterocycles. The van der Waals surface area contributed by atoms with Crippen molar-refractivity contribution >= 4 is 11.6 Å². The average Bonchev–Trinajstić information content (AvgIpc) is 3.23. The molecule has 0 radical (unpaired) electrons. The number of nitrogens with zero attached hydrogens (tertiary/aromatic N) is 2. The topological polar surface area (TPSA) is 62.1 Å². The Bertz CT molecular complexity index is 1250. The lowest BCUT2D eigenvalue weighted by Gasteiger charge is -2.26. The molecular formula is C24H20ClN3O2. The van der Waals surface area contributed by atoms with Gasteiger partial charge in [0.15, 0.2) is 0 Å². The minimum Gasteiger partial charge on any atom is -0.460 e. The Balaban J connectivity index is 1.34. The molecule has 5 nitrogen and oxygen atoms in total. The Morgan fingerprint density at radius 2 is 1.83 bits per heavy atom. The van der Waals surface area contributed by atoms with Crippen LogP contribution in [0.25, 0.3) is 22.7 Å². The summed E-state index contributed by atoms with van der Waals surface area (Å²) in [6.45, 7) is 2.00. The van der Waals surface area contributed by atoms with Crippen LogP contribution >= 0.6 is 11.6 Å². The molecule has 0 aliphatic carbocycles. The van der Waals surface area contributed by atoms with Gasteiger partial charge in [0.1, 0.15) is 17.3 Å². The molecule has 0 saturated heterocycles. The largest absolute Gasteiger partial charge is 0.460 e. The number of H-pyrrole nitrogens is 1. The fraction of sp³-hybridized carbons (Fsp3) is 0.167. The van der Waals surface area contributed by atoms with Gasteiger partial charge in [0.05, 0.1) is 22.8 Å². The van der Waals surface area contributed by atoms with Crippen LogP contribution in [-0.2, 0) is 19.5 Å². The van der Waals surface area contributed by atoms with E-state index in [-0.39, 0.29) is 5.56 Å². The van der Waals surface area contributed by atoms with Crippen LogP contribution in [0.5, 0.6) is 0 Å². The van der Waals surface area contributed by atoms with Crippen molar-refractivity contribution in [2.75, 3.05) is 6.54 Å². The van der Waals surface area contributed by atoms with E-state index in [1.54, 1.807) is 0 Å². The predicted octanol–water partition coefficient (Wildman–Crippen LogP) is 4.91. The third kappa shape index (κ3) is 3.70. The Kier molecular flexibility index (Phi) is 4.99. The third-order valence-electron chi connectivity index (χ3n) is 5.38. The summed E-state index contributed by atoms with van der Waals surface area (Å²) in [6, 6.07) is 21.3. The van der Waals surface area contributed by atoms with E-state index in [0.717, 1.165) is 46.9 Å². The SMILES string of the molecule is O=c1[nH]c(-c2ccccc2)nc2c1CN(Cc1ccc(-c3ccccc3Cl)o1)CC2. The average molecular weight is 418 g/mol. The third-order valence-corrected chi connectivity index (χ3v) is 5.70. The molecule has 0 spiro atoms. The van der Waals surface area contributed by atoms with E-state index >= 15 is 0 Å². The monoisotopic (exact) mass is 417 g/mol. The van der Waals surface area contributed by atoms with Gasteiger partial charge < -0.3 is 9.40 Å². The van der Waals surface area contributed by atoms with Crippen LogP contribution in [0.1, 0.15) is 17.0 Å². The molecule has 5 rings (SSSR count). The minimum absolute atomic E-state index is 0.0697. The highest BCUT2D eigenvalue weighted by molar-refractivity contribution is 6.33. The van der Waals surface area contributed by atoms with Gasteiger partial charge in [-0.15, -0.1) is 0 Å². The molecule has 4 aromatic rings. The zero-order valence-corrected chi connectivity index (χ0v) is 17.0. The Morgan fingerprint density at radius 1 is 1.03 bits per heavy atom. The van der Waals surface area contributed by atoms with Gasteiger partial charge >= 0.3 is 0 Å². The summed E-state index contributed by atoms with van der Waals surface area (Å²) in [6.07, 6.45) is 0.733. The van der Waals surface area contributed by atoms with Crippen LogP contribution in [0.2, 0.25) is 5.02 Å². The quantitative estimate of drug-likeness (QED) is 0.512. The number of aromatic nitrogens is 2. The van der Waals surface area contributed by atoms with Crippen molar-refractivity contribution in [2.45, 2.75) is 19.5 Å². The normalized spacial score (nSPS) is 13.9. The number of fused-ring (bicyclic) bond motifs is 1. The lowest BCUT2D eigenvalue weighted by molar-refractivity contribution is 0.223. The molecule has 6 heteroatoms. The first-order chi connectivity index (χ1) is 14.7. The summed E-state index contributed by atoms with van der Waals surface area (Å²) in [4.78, 5) is 22.6. The fourth-order valence-corrected chi connectivity index (χ4v) is 4.07. The molecule has 0 unspecified atom stereocenters. The molecule has 0 saturated carbocycles. The number of nitrogens with one attached hydrogen (secondary N) is 1. The van der Waals surface area contributed by atoms with Crippen molar-refractivity contribution in [1.82, 2.24) is 14.9 Å². The van der Waals surface area contributed by atoms with Crippen molar-refractivity contribution < 1.29 is 4.42 Å². The first-order valence-corrected chi connectivity index (χ1v) is 10.3. The van der Waals surface area contributed by atoms with E-state index in [0.29, 0.717) is 23.9 Å². The van der Waals surface area contributed by atoms with Crippen LogP contribution < -0.4 is 5.56 Å². The van der Waals surface area contributed by atoms with E-state index in [1.165, 1.54) is 0 Å². The van der Waals surface area contributed by atoms with Gasteiger partial charge in [-0.1, -0.05) is 54.1 Å². The second kappa shape index (κ2) is 7.94. The second-order valence-electron chi connectivity index (χ2n) is 7.41. The summed E-state index contributed by atoms with van der Waals surface area (Å²) < 4.78 is 6.02. The maximum atomic E-state index is 12.7. The van der Waals surface area contributed by atoms with Crippen LogP contribution in [0.4, 0.5) is 0 Å². The number of benzene rings is 2. The molecule has 0 atom stereocenters. The number of hydrogen-bond acceptors (Lipinski definition) is 4. The number of rotatable bonds is 4. The van der Waals surface area contributed by atoms with Crippen molar-refractivity contribution in [1.29, 1.82) is 0 Å².